The van der Waals surface area contributed by atoms with Crippen LogP contribution in [0.4, 0.5) is 0 Å². The molecule has 0 unspecified atom stereocenters. The van der Waals surface area contributed by atoms with Gasteiger partial charge < -0.3 is 14.2 Å². The first-order chi connectivity index (χ1) is 29.2. The van der Waals surface area contributed by atoms with E-state index in [1.807, 2.05) is 0 Å². The predicted octanol–water partition coefficient (Wildman–Crippen LogP) is 17.3. The van der Waals surface area contributed by atoms with Gasteiger partial charge in [0.15, 0.2) is 6.10 Å². The highest BCUT2D eigenvalue weighted by molar-refractivity contribution is 5.71. The Kier molecular flexibility index (Phi) is 45.7. The maximum Gasteiger partial charge on any atom is 0.306 e. The van der Waals surface area contributed by atoms with E-state index in [4.69, 9.17) is 14.2 Å². The molecule has 1 atom stereocenters. The molecule has 0 aromatic rings. The minimum atomic E-state index is -0.762. The Morgan fingerprint density at radius 2 is 0.550 bits per heavy atom. The molecule has 0 heterocycles. The molecule has 356 valence electrons. The monoisotopic (exact) mass is 849 g/mol. The standard InChI is InChI=1S/C54H104O6/c1-6-7-8-9-10-11-12-13-14-15-16-17-21-24-29-34-39-44-52(55)58-47-51(60-54(57)46-41-36-31-26-28-33-38-43-50(4)5)48-59-53(56)45-40-35-30-25-22-19-18-20-23-27-32-37-42-49(2)3/h49-51H,6-48H2,1-5H3/t51-/m0/s1. The van der Waals surface area contributed by atoms with E-state index in [0.29, 0.717) is 19.3 Å². The van der Waals surface area contributed by atoms with Crippen molar-refractivity contribution in [3.05, 3.63) is 0 Å². The van der Waals surface area contributed by atoms with Crippen LogP contribution >= 0.6 is 0 Å². The summed E-state index contributed by atoms with van der Waals surface area (Å²) in [4.78, 5) is 37.9. The molecule has 0 saturated carbocycles. The highest BCUT2D eigenvalue weighted by atomic mass is 16.6. The van der Waals surface area contributed by atoms with Crippen LogP contribution in [0.15, 0.2) is 0 Å². The normalized spacial score (nSPS) is 12.1. The minimum Gasteiger partial charge on any atom is -0.462 e. The molecule has 0 aliphatic rings. The van der Waals surface area contributed by atoms with E-state index in [0.717, 1.165) is 69.6 Å². The smallest absolute Gasteiger partial charge is 0.306 e. The fraction of sp³-hybridized carbons (Fsp3) is 0.944. The van der Waals surface area contributed by atoms with Crippen molar-refractivity contribution in [1.82, 2.24) is 0 Å². The number of hydrogen-bond donors (Lipinski definition) is 0. The first kappa shape index (κ1) is 58.4. The molecule has 6 nitrogen and oxygen atoms in total. The zero-order valence-electron chi connectivity index (χ0n) is 41.1. The van der Waals surface area contributed by atoms with E-state index in [1.165, 1.54) is 186 Å². The van der Waals surface area contributed by atoms with Gasteiger partial charge in [0.25, 0.3) is 0 Å². The lowest BCUT2D eigenvalue weighted by Gasteiger charge is -2.18. The van der Waals surface area contributed by atoms with Gasteiger partial charge in [-0.15, -0.1) is 0 Å². The lowest BCUT2D eigenvalue weighted by molar-refractivity contribution is -0.167. The molecule has 0 aromatic heterocycles. The molecule has 0 aromatic carbocycles. The van der Waals surface area contributed by atoms with Gasteiger partial charge in [0.2, 0.25) is 0 Å². The first-order valence-corrected chi connectivity index (χ1v) is 26.7. The summed E-state index contributed by atoms with van der Waals surface area (Å²) in [6, 6.07) is 0. The van der Waals surface area contributed by atoms with Crippen LogP contribution in [0.3, 0.4) is 0 Å². The molecule has 0 N–H and O–H groups in total. The average Bonchev–Trinajstić information content (AvgIpc) is 3.22. The van der Waals surface area contributed by atoms with Crippen molar-refractivity contribution in [2.24, 2.45) is 11.8 Å². The zero-order chi connectivity index (χ0) is 44.0. The number of ether oxygens (including phenoxy) is 3. The maximum atomic E-state index is 12.8. The number of carbonyl (C=O) groups excluding carboxylic acids is 3. The second-order valence-corrected chi connectivity index (χ2v) is 19.5. The van der Waals surface area contributed by atoms with E-state index in [-0.39, 0.29) is 31.1 Å². The van der Waals surface area contributed by atoms with Gasteiger partial charge in [-0.3, -0.25) is 14.4 Å². The molecule has 0 radical (unpaired) electrons. The zero-order valence-corrected chi connectivity index (χ0v) is 41.1. The number of hydrogen-bond acceptors (Lipinski definition) is 6. The molecule has 0 spiro atoms. The fourth-order valence-corrected chi connectivity index (χ4v) is 8.17. The molecule has 0 rings (SSSR count). The van der Waals surface area contributed by atoms with E-state index >= 15 is 0 Å². The van der Waals surface area contributed by atoms with Crippen molar-refractivity contribution >= 4 is 17.9 Å². The van der Waals surface area contributed by atoms with E-state index in [9.17, 15) is 14.4 Å². The van der Waals surface area contributed by atoms with Crippen LogP contribution in [0, 0.1) is 11.8 Å². The van der Waals surface area contributed by atoms with E-state index in [1.54, 1.807) is 0 Å². The quantitative estimate of drug-likeness (QED) is 0.0345. The van der Waals surface area contributed by atoms with Crippen LogP contribution in [0.2, 0.25) is 0 Å². The Morgan fingerprint density at radius 1 is 0.317 bits per heavy atom. The third-order valence-electron chi connectivity index (χ3n) is 12.2. The maximum absolute atomic E-state index is 12.8. The Labute approximate surface area is 374 Å². The van der Waals surface area contributed by atoms with Gasteiger partial charge in [-0.1, -0.05) is 259 Å². The SMILES string of the molecule is CCCCCCCCCCCCCCCCCCCC(=O)OC[C@@H](COC(=O)CCCCCCCCCCCCCCC(C)C)OC(=O)CCCCCCCCCC(C)C. The van der Waals surface area contributed by atoms with Crippen LogP contribution in [-0.2, 0) is 28.6 Å². The summed E-state index contributed by atoms with van der Waals surface area (Å²) in [5.74, 6) is 0.762. The summed E-state index contributed by atoms with van der Waals surface area (Å²) >= 11 is 0. The van der Waals surface area contributed by atoms with Gasteiger partial charge in [0.1, 0.15) is 13.2 Å². The fourth-order valence-electron chi connectivity index (χ4n) is 8.17. The highest BCUT2D eigenvalue weighted by Gasteiger charge is 2.19. The molecule has 0 aliphatic carbocycles. The van der Waals surface area contributed by atoms with E-state index < -0.39 is 6.10 Å². The van der Waals surface area contributed by atoms with Gasteiger partial charge >= 0.3 is 17.9 Å². The van der Waals surface area contributed by atoms with Crippen molar-refractivity contribution in [2.45, 2.75) is 304 Å². The summed E-state index contributed by atoms with van der Waals surface area (Å²) in [6.07, 6.45) is 48.1. The predicted molar refractivity (Wildman–Crippen MR) is 256 cm³/mol. The van der Waals surface area contributed by atoms with Crippen LogP contribution in [0.1, 0.15) is 298 Å². The van der Waals surface area contributed by atoms with Crippen LogP contribution in [-0.4, -0.2) is 37.2 Å². The molecule has 0 fully saturated rings. The molecule has 60 heavy (non-hydrogen) atoms. The topological polar surface area (TPSA) is 78.9 Å². The largest absolute Gasteiger partial charge is 0.462 e. The lowest BCUT2D eigenvalue weighted by atomic mass is 10.0. The Hall–Kier alpha value is -1.59. The third kappa shape index (κ3) is 47.5. The summed E-state index contributed by atoms with van der Waals surface area (Å²) in [5, 5.41) is 0. The molecule has 0 aliphatic heterocycles. The van der Waals surface area contributed by atoms with Gasteiger partial charge in [-0.25, -0.2) is 0 Å². The van der Waals surface area contributed by atoms with Crippen LogP contribution < -0.4 is 0 Å². The molecule has 0 amide bonds. The van der Waals surface area contributed by atoms with Crippen molar-refractivity contribution in [3.63, 3.8) is 0 Å². The molecular formula is C54H104O6. The van der Waals surface area contributed by atoms with Crippen molar-refractivity contribution in [3.8, 4) is 0 Å². The third-order valence-corrected chi connectivity index (χ3v) is 12.2. The number of carbonyl (C=O) groups is 3. The Bertz CT molecular complexity index is 916. The highest BCUT2D eigenvalue weighted by Crippen LogP contribution is 2.17. The van der Waals surface area contributed by atoms with Gasteiger partial charge in [0.05, 0.1) is 0 Å². The van der Waals surface area contributed by atoms with Gasteiger partial charge in [-0.05, 0) is 31.1 Å². The van der Waals surface area contributed by atoms with Gasteiger partial charge in [-0.2, -0.15) is 0 Å². The number of rotatable bonds is 48. The Balaban J connectivity index is 4.25. The molecule has 0 saturated heterocycles. The van der Waals surface area contributed by atoms with Crippen LogP contribution in [0.25, 0.3) is 0 Å². The van der Waals surface area contributed by atoms with Crippen molar-refractivity contribution in [1.29, 1.82) is 0 Å². The second kappa shape index (κ2) is 46.9. The Morgan fingerprint density at radius 3 is 0.817 bits per heavy atom. The summed E-state index contributed by atoms with van der Waals surface area (Å²) in [6.45, 7) is 11.3. The summed E-state index contributed by atoms with van der Waals surface area (Å²) in [7, 11) is 0. The number of esters is 3. The van der Waals surface area contributed by atoms with Crippen LogP contribution in [0.5, 0.6) is 0 Å². The summed E-state index contributed by atoms with van der Waals surface area (Å²) < 4.78 is 16.8. The average molecular weight is 849 g/mol. The summed E-state index contributed by atoms with van der Waals surface area (Å²) in [5.41, 5.74) is 0. The molecule has 6 heteroatoms. The van der Waals surface area contributed by atoms with Gasteiger partial charge in [0, 0.05) is 19.3 Å². The molecular weight excluding hydrogens is 745 g/mol. The second-order valence-electron chi connectivity index (χ2n) is 19.5. The minimum absolute atomic E-state index is 0.0642. The lowest BCUT2D eigenvalue weighted by Crippen LogP contribution is -2.30. The first-order valence-electron chi connectivity index (χ1n) is 26.7. The van der Waals surface area contributed by atoms with E-state index in [2.05, 4.69) is 34.6 Å². The van der Waals surface area contributed by atoms with Crippen molar-refractivity contribution in [2.75, 3.05) is 13.2 Å². The molecule has 0 bridgehead atoms. The van der Waals surface area contributed by atoms with Crippen molar-refractivity contribution < 1.29 is 28.6 Å². The number of unbranched alkanes of at least 4 members (excludes halogenated alkanes) is 33.